The van der Waals surface area contributed by atoms with E-state index in [1.165, 1.54) is 18.3 Å². The number of carbonyl (C=O) groups is 1. The van der Waals surface area contributed by atoms with Gasteiger partial charge in [-0.1, -0.05) is 18.2 Å². The van der Waals surface area contributed by atoms with Crippen molar-refractivity contribution in [3.05, 3.63) is 54.0 Å². The maximum atomic E-state index is 14.5. The average molecular weight is 441 g/mol. The Morgan fingerprint density at radius 1 is 1.10 bits per heavy atom. The molecule has 1 aliphatic rings. The second kappa shape index (κ2) is 7.90. The lowest BCUT2D eigenvalue weighted by Gasteiger charge is -2.31. The van der Waals surface area contributed by atoms with Gasteiger partial charge in [0.2, 0.25) is 5.60 Å². The molecule has 2 heterocycles. The third-order valence-electron chi connectivity index (χ3n) is 4.61. The van der Waals surface area contributed by atoms with Crippen LogP contribution < -0.4 is 9.75 Å². The fourth-order valence-electron chi connectivity index (χ4n) is 3.12. The van der Waals surface area contributed by atoms with Crippen LogP contribution in [0.15, 0.2) is 42.6 Å². The Morgan fingerprint density at radius 2 is 1.77 bits per heavy atom. The number of carbonyl (C=O) groups excluding carboxylic acids is 1. The molecule has 1 aliphatic heterocycles. The number of rotatable bonds is 3. The van der Waals surface area contributed by atoms with Crippen molar-refractivity contribution < 1.29 is 31.8 Å². The Kier molecular flexibility index (Phi) is 5.77. The highest BCUT2D eigenvalue weighted by molar-refractivity contribution is 5.72. The number of hydrazine groups is 1. The van der Waals surface area contributed by atoms with Crippen molar-refractivity contribution in [3.63, 3.8) is 0 Å². The smallest absolute Gasteiger partial charge is 0.431 e. The Balaban J connectivity index is 2.08. The predicted octanol–water partition coefficient (Wildman–Crippen LogP) is 4.88. The SMILES string of the molecule is Cc1ccccc1OC1(C(F)(F)F)CN(C(=O)OC(C)(C)C)N(c2ncccc2F)C1. The van der Waals surface area contributed by atoms with Crippen LogP contribution in [0.1, 0.15) is 26.3 Å². The first-order valence-electron chi connectivity index (χ1n) is 9.53. The topological polar surface area (TPSA) is 54.9 Å². The molecule has 0 spiro atoms. The summed E-state index contributed by atoms with van der Waals surface area (Å²) < 4.78 is 68.3. The molecular formula is C21H23F4N3O3. The summed E-state index contributed by atoms with van der Waals surface area (Å²) in [7, 11) is 0. The molecule has 1 aromatic heterocycles. The number of benzene rings is 1. The van der Waals surface area contributed by atoms with Gasteiger partial charge in [0, 0.05) is 6.20 Å². The minimum absolute atomic E-state index is 0.00677. The molecule has 6 nitrogen and oxygen atoms in total. The monoisotopic (exact) mass is 441 g/mol. The first-order chi connectivity index (χ1) is 14.3. The van der Waals surface area contributed by atoms with E-state index in [1.54, 1.807) is 45.9 Å². The van der Waals surface area contributed by atoms with Gasteiger partial charge in [-0.05, 0) is 51.5 Å². The molecule has 10 heteroatoms. The number of aryl methyl sites for hydroxylation is 1. The third-order valence-corrected chi connectivity index (χ3v) is 4.61. The van der Waals surface area contributed by atoms with Gasteiger partial charge in [-0.25, -0.2) is 19.2 Å². The summed E-state index contributed by atoms with van der Waals surface area (Å²) in [6.07, 6.45) is -4.74. The molecular weight excluding hydrogens is 418 g/mol. The zero-order valence-electron chi connectivity index (χ0n) is 17.5. The van der Waals surface area contributed by atoms with Crippen LogP contribution in [0.3, 0.4) is 0 Å². The molecule has 1 aromatic carbocycles. The van der Waals surface area contributed by atoms with Gasteiger partial charge in [-0.3, -0.25) is 5.01 Å². The number of ether oxygens (including phenoxy) is 2. The van der Waals surface area contributed by atoms with Crippen LogP contribution in [0, 0.1) is 12.7 Å². The first-order valence-corrected chi connectivity index (χ1v) is 9.53. The largest absolute Gasteiger partial charge is 0.473 e. The lowest BCUT2D eigenvalue weighted by Crippen LogP contribution is -2.55. The van der Waals surface area contributed by atoms with E-state index in [1.807, 2.05) is 0 Å². The summed E-state index contributed by atoms with van der Waals surface area (Å²) in [5.41, 5.74) is -3.33. The van der Waals surface area contributed by atoms with Crippen LogP contribution in [-0.4, -0.2) is 46.6 Å². The van der Waals surface area contributed by atoms with E-state index in [4.69, 9.17) is 9.47 Å². The van der Waals surface area contributed by atoms with Gasteiger partial charge in [0.05, 0.1) is 13.1 Å². The zero-order chi connectivity index (χ0) is 23.0. The highest BCUT2D eigenvalue weighted by Gasteiger charge is 2.65. The summed E-state index contributed by atoms with van der Waals surface area (Å²) in [5, 5.41) is 1.50. The predicted molar refractivity (Wildman–Crippen MR) is 105 cm³/mol. The molecule has 0 aliphatic carbocycles. The van der Waals surface area contributed by atoms with Crippen molar-refractivity contribution in [2.45, 2.75) is 45.1 Å². The number of hydrogen-bond donors (Lipinski definition) is 0. The number of aromatic nitrogens is 1. The van der Waals surface area contributed by atoms with Crippen LogP contribution in [0.25, 0.3) is 0 Å². The minimum atomic E-state index is -4.89. The van der Waals surface area contributed by atoms with E-state index < -0.39 is 48.2 Å². The van der Waals surface area contributed by atoms with Gasteiger partial charge in [-0.2, -0.15) is 13.2 Å². The van der Waals surface area contributed by atoms with Crippen molar-refractivity contribution in [2.24, 2.45) is 0 Å². The van der Waals surface area contributed by atoms with Gasteiger partial charge < -0.3 is 9.47 Å². The summed E-state index contributed by atoms with van der Waals surface area (Å²) in [4.78, 5) is 16.6. The molecule has 1 saturated heterocycles. The average Bonchev–Trinajstić information content (AvgIpc) is 3.03. The highest BCUT2D eigenvalue weighted by Crippen LogP contribution is 2.42. The van der Waals surface area contributed by atoms with Crippen LogP contribution >= 0.6 is 0 Å². The van der Waals surface area contributed by atoms with Crippen LogP contribution in [0.5, 0.6) is 5.75 Å². The Labute approximate surface area is 177 Å². The molecule has 0 saturated carbocycles. The zero-order valence-corrected chi connectivity index (χ0v) is 17.5. The second-order valence-electron chi connectivity index (χ2n) is 8.26. The maximum Gasteiger partial charge on any atom is 0.431 e. The molecule has 1 amide bonds. The lowest BCUT2D eigenvalue weighted by atomic mass is 10.0. The van der Waals surface area contributed by atoms with Gasteiger partial charge in [0.15, 0.2) is 11.6 Å². The van der Waals surface area contributed by atoms with E-state index in [2.05, 4.69) is 4.98 Å². The number of amides is 1. The molecule has 0 radical (unpaired) electrons. The molecule has 3 rings (SSSR count). The number of hydrogen-bond acceptors (Lipinski definition) is 5. The van der Waals surface area contributed by atoms with Gasteiger partial charge >= 0.3 is 12.3 Å². The first kappa shape index (κ1) is 22.6. The van der Waals surface area contributed by atoms with Gasteiger partial charge in [0.25, 0.3) is 0 Å². The van der Waals surface area contributed by atoms with Crippen LogP contribution in [-0.2, 0) is 4.74 Å². The summed E-state index contributed by atoms with van der Waals surface area (Å²) in [6.45, 7) is 4.51. The van der Waals surface area contributed by atoms with E-state index >= 15 is 0 Å². The number of para-hydroxylation sites is 1. The second-order valence-corrected chi connectivity index (χ2v) is 8.26. The van der Waals surface area contributed by atoms with Gasteiger partial charge in [0.1, 0.15) is 11.4 Å². The number of anilines is 1. The molecule has 1 atom stereocenters. The number of pyridine rings is 1. The summed E-state index contributed by atoms with van der Waals surface area (Å²) in [5.74, 6) is -1.31. The molecule has 168 valence electrons. The molecule has 0 N–H and O–H groups in total. The molecule has 2 aromatic rings. The van der Waals surface area contributed by atoms with E-state index in [9.17, 15) is 22.4 Å². The fourth-order valence-corrected chi connectivity index (χ4v) is 3.12. The maximum absolute atomic E-state index is 14.5. The number of nitrogens with zero attached hydrogens (tertiary/aromatic N) is 3. The molecule has 1 fully saturated rings. The summed E-state index contributed by atoms with van der Waals surface area (Å²) >= 11 is 0. The lowest BCUT2D eigenvalue weighted by molar-refractivity contribution is -0.237. The quantitative estimate of drug-likeness (QED) is 0.636. The number of alkyl halides is 3. The van der Waals surface area contributed by atoms with E-state index in [0.717, 1.165) is 11.1 Å². The van der Waals surface area contributed by atoms with Crippen molar-refractivity contribution in [1.29, 1.82) is 0 Å². The third kappa shape index (κ3) is 4.67. The van der Waals surface area contributed by atoms with Crippen molar-refractivity contribution in [3.8, 4) is 5.75 Å². The minimum Gasteiger partial charge on any atom is -0.473 e. The Hall–Kier alpha value is -3.04. The van der Waals surface area contributed by atoms with E-state index in [0.29, 0.717) is 10.6 Å². The standard InChI is InChI=1S/C21H23F4N3O3/c1-14-8-5-6-10-16(14)30-20(21(23,24)25)12-27(17-15(22)9-7-11-26-17)28(13-20)18(29)31-19(2,3)4/h5-11H,12-13H2,1-4H3. The highest BCUT2D eigenvalue weighted by atomic mass is 19.4. The van der Waals surface area contributed by atoms with Crippen molar-refractivity contribution in [1.82, 2.24) is 9.99 Å². The molecule has 1 unspecified atom stereocenters. The number of halogens is 4. The van der Waals surface area contributed by atoms with Crippen molar-refractivity contribution in [2.75, 3.05) is 18.1 Å². The Morgan fingerprint density at radius 3 is 2.35 bits per heavy atom. The van der Waals surface area contributed by atoms with Crippen LogP contribution in [0.2, 0.25) is 0 Å². The molecule has 0 bridgehead atoms. The van der Waals surface area contributed by atoms with Crippen molar-refractivity contribution >= 4 is 11.9 Å². The van der Waals surface area contributed by atoms with Gasteiger partial charge in [-0.15, -0.1) is 0 Å². The Bertz CT molecular complexity index is 961. The normalized spacial score (nSPS) is 19.5. The summed E-state index contributed by atoms with van der Waals surface area (Å²) in [6, 6.07) is 8.57. The van der Waals surface area contributed by atoms with Crippen LogP contribution in [0.4, 0.5) is 28.2 Å². The molecule has 31 heavy (non-hydrogen) atoms. The fraction of sp³-hybridized carbons (Fsp3) is 0.429. The van der Waals surface area contributed by atoms with E-state index in [-0.39, 0.29) is 5.75 Å².